The van der Waals surface area contributed by atoms with Crippen LogP contribution in [0.5, 0.6) is 0 Å². The van der Waals surface area contributed by atoms with E-state index in [-0.39, 0.29) is 21.7 Å². The lowest BCUT2D eigenvalue weighted by molar-refractivity contribution is 0.435. The van der Waals surface area contributed by atoms with Gasteiger partial charge in [-0.2, -0.15) is 0 Å². The van der Waals surface area contributed by atoms with Gasteiger partial charge in [0.15, 0.2) is 0 Å². The lowest BCUT2D eigenvalue weighted by atomic mass is 9.79. The van der Waals surface area contributed by atoms with Crippen LogP contribution in [0.1, 0.15) is 324 Å². The summed E-state index contributed by atoms with van der Waals surface area (Å²) >= 11 is 0. The Morgan fingerprint density at radius 1 is 0.202 bits per heavy atom. The first-order valence-corrected chi connectivity index (χ1v) is 40.8. The van der Waals surface area contributed by atoms with Gasteiger partial charge in [-0.3, -0.25) is 0 Å². The standard InChI is InChI=1S/C19H28.C15H24.2C13H18.2C11H10.2C11H16/c1-15-12-18(16-8-4-2-5-9-16)14-19(13-15)17-10-6-3-7-11-17;1-11-8-12(14(2,3)4)10-13(9-11)15(5,6)7;1-11-6-5-9-13(10-11)12-7-3-2-4-8-12;1-11-7-9-13(10-8-11)12-5-3-2-4-6-12;1-9-5-4-7-10-6-2-3-8-11(9)10;1-9-6-7-10-4-2-3-5-11(10)8-9;1-9-5-7-10(8-6-9)11(2,3)4;1-9-6-5-7-10(8-9)11(2,3)4/h12-14,16-17H,2-11H2,1H3;8-10H,1-7H3;5-6,9-10,12H,2-4,7-8H2,1H3;7-10,12H,2-6H2,1H3;2*2-8H,1H3;2*5-8H,1-4H3. The molecular formula is C104H140. The molecule has 0 bridgehead atoms. The van der Waals surface area contributed by atoms with E-state index in [1.54, 1.807) is 22.3 Å². The van der Waals surface area contributed by atoms with E-state index in [0.29, 0.717) is 0 Å². The van der Waals surface area contributed by atoms with Crippen molar-refractivity contribution in [2.45, 2.75) is 312 Å². The predicted octanol–water partition coefficient (Wildman–Crippen LogP) is 31.6. The van der Waals surface area contributed by atoms with Crippen LogP contribution in [0.2, 0.25) is 0 Å². The molecule has 0 heteroatoms. The normalized spacial score (nSPS) is 15.3. The van der Waals surface area contributed by atoms with Gasteiger partial charge >= 0.3 is 0 Å². The van der Waals surface area contributed by atoms with E-state index >= 15 is 0 Å². The summed E-state index contributed by atoms with van der Waals surface area (Å²) in [7, 11) is 0. The Balaban J connectivity index is 0.000000167. The summed E-state index contributed by atoms with van der Waals surface area (Å²) < 4.78 is 0. The summed E-state index contributed by atoms with van der Waals surface area (Å²) in [6.45, 7) is 44.4. The van der Waals surface area contributed by atoms with Crippen LogP contribution < -0.4 is 0 Å². The van der Waals surface area contributed by atoms with E-state index < -0.39 is 0 Å². The number of fused-ring (bicyclic) bond motifs is 2. The van der Waals surface area contributed by atoms with Gasteiger partial charge < -0.3 is 0 Å². The van der Waals surface area contributed by atoms with Crippen LogP contribution in [-0.4, -0.2) is 0 Å². The fraction of sp³-hybridized carbons (Fsp3) is 0.462. The molecule has 0 amide bonds. The molecule has 0 aliphatic heterocycles. The molecule has 4 aliphatic carbocycles. The van der Waals surface area contributed by atoms with E-state index in [1.165, 1.54) is 217 Å². The van der Waals surface area contributed by atoms with Crippen molar-refractivity contribution in [3.63, 3.8) is 0 Å². The summed E-state index contributed by atoms with van der Waals surface area (Å²) in [5, 5.41) is 5.33. The minimum atomic E-state index is 0.242. The predicted molar refractivity (Wildman–Crippen MR) is 463 cm³/mol. The lowest BCUT2D eigenvalue weighted by Crippen LogP contribution is -2.16. The second-order valence-electron chi connectivity index (χ2n) is 35.8. The highest BCUT2D eigenvalue weighted by Crippen LogP contribution is 2.39. The van der Waals surface area contributed by atoms with Crippen LogP contribution in [0.15, 0.2) is 218 Å². The zero-order valence-corrected chi connectivity index (χ0v) is 69.2. The molecule has 0 atom stereocenters. The minimum absolute atomic E-state index is 0.242. The molecule has 0 unspecified atom stereocenters. The van der Waals surface area contributed by atoms with Gasteiger partial charge in [0.1, 0.15) is 0 Å². The number of aryl methyl sites for hydroxylation is 8. The average molecular weight is 1390 g/mol. The van der Waals surface area contributed by atoms with Crippen LogP contribution >= 0.6 is 0 Å². The van der Waals surface area contributed by atoms with Gasteiger partial charge in [-0.05, 0) is 224 Å². The molecule has 0 radical (unpaired) electrons. The quantitative estimate of drug-likeness (QED) is 0.165. The molecule has 4 fully saturated rings. The Kier molecular flexibility index (Phi) is 33.1. The number of hydrogen-bond acceptors (Lipinski definition) is 0. The van der Waals surface area contributed by atoms with Gasteiger partial charge in [-0.1, -0.05) is 417 Å². The zero-order valence-electron chi connectivity index (χ0n) is 69.2. The summed E-state index contributed by atoms with van der Waals surface area (Å²) in [5.41, 5.74) is 24.2. The van der Waals surface area contributed by atoms with Crippen molar-refractivity contribution in [2.75, 3.05) is 0 Å². The summed E-state index contributed by atoms with van der Waals surface area (Å²) in [6.07, 6.45) is 28.6. The van der Waals surface area contributed by atoms with Crippen LogP contribution in [0.25, 0.3) is 21.5 Å². The molecule has 0 spiro atoms. The van der Waals surface area contributed by atoms with Crippen molar-refractivity contribution in [3.8, 4) is 0 Å². The fourth-order valence-corrected chi connectivity index (χ4v) is 15.3. The van der Waals surface area contributed by atoms with Gasteiger partial charge in [-0.15, -0.1) is 0 Å². The van der Waals surface area contributed by atoms with Crippen molar-refractivity contribution in [3.05, 3.63) is 307 Å². The lowest BCUT2D eigenvalue weighted by Gasteiger charge is -2.26. The third kappa shape index (κ3) is 28.9. The molecule has 104 heavy (non-hydrogen) atoms. The summed E-state index contributed by atoms with van der Waals surface area (Å²) in [5.74, 6) is 3.43. The Morgan fingerprint density at radius 3 is 0.990 bits per heavy atom. The van der Waals surface area contributed by atoms with E-state index in [4.69, 9.17) is 0 Å². The van der Waals surface area contributed by atoms with E-state index in [0.717, 1.165) is 23.7 Å². The Labute approximate surface area is 637 Å². The van der Waals surface area contributed by atoms with E-state index in [1.807, 2.05) is 0 Å². The van der Waals surface area contributed by atoms with Crippen LogP contribution in [-0.2, 0) is 21.7 Å². The SMILES string of the molecule is Cc1cc(C(C)(C)C)cc(C(C)(C)C)c1.Cc1cc(C2CCCCC2)cc(C2CCCCC2)c1.Cc1ccc(C(C)(C)C)cc1.Cc1ccc(C2CCCCC2)cc1.Cc1ccc2ccccc2c1.Cc1cccc(C(C)(C)C)c1.Cc1cccc(C2CCCCC2)c1.Cc1cccc2ccccc12. The first kappa shape index (κ1) is 84.0. The van der Waals surface area contributed by atoms with Gasteiger partial charge in [0.25, 0.3) is 0 Å². The maximum Gasteiger partial charge on any atom is -0.0132 e. The molecule has 4 aliphatic rings. The molecule has 10 aromatic carbocycles. The van der Waals surface area contributed by atoms with Crippen LogP contribution in [0, 0.1) is 55.4 Å². The molecule has 556 valence electrons. The Bertz CT molecular complexity index is 4010. The Hall–Kier alpha value is -7.28. The second kappa shape index (κ2) is 41.0. The third-order valence-corrected chi connectivity index (χ3v) is 22.1. The zero-order chi connectivity index (χ0) is 75.5. The Morgan fingerprint density at radius 2 is 0.548 bits per heavy atom. The largest absolute Gasteiger partial charge is 0.0617 e. The summed E-state index contributed by atoms with van der Waals surface area (Å²) in [4.78, 5) is 0. The van der Waals surface area contributed by atoms with Crippen molar-refractivity contribution in [1.29, 1.82) is 0 Å². The van der Waals surface area contributed by atoms with Crippen molar-refractivity contribution >= 4 is 21.5 Å². The monoisotopic (exact) mass is 1390 g/mol. The summed E-state index contributed by atoms with van der Waals surface area (Å²) in [6, 6.07) is 79.8. The molecule has 10 aromatic rings. The molecule has 0 saturated heterocycles. The average Bonchev–Trinajstić information content (AvgIpc) is 0.802. The fourth-order valence-electron chi connectivity index (χ4n) is 15.3. The topological polar surface area (TPSA) is 0 Å². The van der Waals surface area contributed by atoms with Crippen molar-refractivity contribution < 1.29 is 0 Å². The number of hydrogen-bond donors (Lipinski definition) is 0. The molecule has 0 nitrogen and oxygen atoms in total. The van der Waals surface area contributed by atoms with E-state index in [2.05, 4.69) is 357 Å². The molecule has 0 aromatic heterocycles. The highest BCUT2D eigenvalue weighted by atomic mass is 14.3. The second-order valence-corrected chi connectivity index (χ2v) is 35.8. The first-order valence-electron chi connectivity index (χ1n) is 40.8. The number of rotatable bonds is 4. The first-order chi connectivity index (χ1) is 49.4. The maximum absolute atomic E-state index is 2.57. The van der Waals surface area contributed by atoms with Crippen LogP contribution in [0.3, 0.4) is 0 Å². The van der Waals surface area contributed by atoms with Crippen molar-refractivity contribution in [1.82, 2.24) is 0 Å². The molecule has 0 N–H and O–H groups in total. The van der Waals surface area contributed by atoms with Gasteiger partial charge in [0.2, 0.25) is 0 Å². The number of benzene rings is 10. The molecule has 14 rings (SSSR count). The highest BCUT2D eigenvalue weighted by molar-refractivity contribution is 5.85. The van der Waals surface area contributed by atoms with Gasteiger partial charge in [0, 0.05) is 0 Å². The maximum atomic E-state index is 2.57. The van der Waals surface area contributed by atoms with E-state index in [9.17, 15) is 0 Å². The highest BCUT2D eigenvalue weighted by Gasteiger charge is 2.23. The van der Waals surface area contributed by atoms with Crippen molar-refractivity contribution in [2.24, 2.45) is 0 Å². The molecule has 0 heterocycles. The van der Waals surface area contributed by atoms with Gasteiger partial charge in [0.05, 0.1) is 0 Å². The third-order valence-electron chi connectivity index (χ3n) is 22.1. The van der Waals surface area contributed by atoms with Crippen LogP contribution in [0.4, 0.5) is 0 Å². The molecular weight excluding hydrogens is 1250 g/mol. The minimum Gasteiger partial charge on any atom is -0.0617 e. The smallest absolute Gasteiger partial charge is 0.0132 e. The van der Waals surface area contributed by atoms with Gasteiger partial charge in [-0.25, -0.2) is 0 Å². The molecule has 4 saturated carbocycles.